The lowest BCUT2D eigenvalue weighted by atomic mass is 10.2. The molecule has 1 rings (SSSR count). The van der Waals surface area contributed by atoms with Gasteiger partial charge in [0.1, 0.15) is 17.8 Å². The third kappa shape index (κ3) is 4.47. The quantitative estimate of drug-likeness (QED) is 0.780. The number of aromatic nitrogens is 1. The van der Waals surface area contributed by atoms with Gasteiger partial charge in [-0.3, -0.25) is 4.79 Å². The van der Waals surface area contributed by atoms with Crippen LogP contribution in [0.3, 0.4) is 0 Å². The van der Waals surface area contributed by atoms with Crippen molar-refractivity contribution in [2.75, 3.05) is 6.61 Å². The number of nitriles is 1. The van der Waals surface area contributed by atoms with Crippen molar-refractivity contribution in [3.05, 3.63) is 23.5 Å². The molecule has 19 heavy (non-hydrogen) atoms. The van der Waals surface area contributed by atoms with Crippen LogP contribution in [0.15, 0.2) is 12.3 Å². The van der Waals surface area contributed by atoms with Crippen LogP contribution < -0.4 is 5.32 Å². The van der Waals surface area contributed by atoms with Gasteiger partial charge in [-0.05, 0) is 18.9 Å². The fraction of sp³-hybridized carbons (Fsp3) is 0.462. The number of ether oxygens (including phenoxy) is 1. The second kappa shape index (κ2) is 6.59. The molecule has 0 saturated heterocycles. The van der Waals surface area contributed by atoms with Gasteiger partial charge >= 0.3 is 5.97 Å². The van der Waals surface area contributed by atoms with Crippen molar-refractivity contribution in [1.29, 1.82) is 5.26 Å². The summed E-state index contributed by atoms with van der Waals surface area (Å²) >= 11 is 0. The second-order valence-electron chi connectivity index (χ2n) is 4.63. The summed E-state index contributed by atoms with van der Waals surface area (Å²) in [4.78, 5) is 26.0. The molecule has 0 bridgehead atoms. The molecule has 0 radical (unpaired) electrons. The number of aromatic amines is 1. The monoisotopic (exact) mass is 263 g/mol. The number of H-pyrrole nitrogens is 1. The summed E-state index contributed by atoms with van der Waals surface area (Å²) in [5.41, 5.74) is 0.597. The number of amides is 1. The van der Waals surface area contributed by atoms with Crippen LogP contribution in [0.2, 0.25) is 0 Å². The minimum absolute atomic E-state index is 0.236. The van der Waals surface area contributed by atoms with Gasteiger partial charge in [0, 0.05) is 6.20 Å². The SMILES string of the molecule is CC(C)COC(=O)[C@H](C)NC(=O)c1cc(C#N)c[nH]1. The van der Waals surface area contributed by atoms with Crippen molar-refractivity contribution in [2.24, 2.45) is 5.92 Å². The minimum Gasteiger partial charge on any atom is -0.464 e. The smallest absolute Gasteiger partial charge is 0.328 e. The summed E-state index contributed by atoms with van der Waals surface area (Å²) in [5.74, 6) is -0.682. The number of nitrogens with zero attached hydrogens (tertiary/aromatic N) is 1. The van der Waals surface area contributed by atoms with E-state index in [1.807, 2.05) is 19.9 Å². The summed E-state index contributed by atoms with van der Waals surface area (Å²) < 4.78 is 5.01. The molecule has 1 atom stereocenters. The molecule has 0 aliphatic heterocycles. The highest BCUT2D eigenvalue weighted by atomic mass is 16.5. The van der Waals surface area contributed by atoms with E-state index in [2.05, 4.69) is 10.3 Å². The number of hydrogen-bond acceptors (Lipinski definition) is 4. The van der Waals surface area contributed by atoms with Crippen LogP contribution in [0, 0.1) is 17.2 Å². The first-order valence-electron chi connectivity index (χ1n) is 6.00. The van der Waals surface area contributed by atoms with Crippen LogP contribution in [0.1, 0.15) is 36.8 Å². The van der Waals surface area contributed by atoms with Gasteiger partial charge in [0.25, 0.3) is 5.91 Å². The molecule has 1 heterocycles. The van der Waals surface area contributed by atoms with E-state index in [4.69, 9.17) is 10.00 Å². The molecular weight excluding hydrogens is 246 g/mol. The number of esters is 1. The molecule has 102 valence electrons. The van der Waals surface area contributed by atoms with Crippen molar-refractivity contribution < 1.29 is 14.3 Å². The first-order chi connectivity index (χ1) is 8.93. The summed E-state index contributed by atoms with van der Waals surface area (Å²) in [6.45, 7) is 5.73. The largest absolute Gasteiger partial charge is 0.464 e. The van der Waals surface area contributed by atoms with Crippen LogP contribution >= 0.6 is 0 Å². The molecule has 0 unspecified atom stereocenters. The Labute approximate surface area is 111 Å². The van der Waals surface area contributed by atoms with Gasteiger partial charge in [0.05, 0.1) is 12.2 Å². The summed E-state index contributed by atoms with van der Waals surface area (Å²) in [6, 6.07) is 2.59. The molecule has 6 heteroatoms. The van der Waals surface area contributed by atoms with Crippen molar-refractivity contribution in [3.63, 3.8) is 0 Å². The molecule has 0 aromatic carbocycles. The third-order valence-corrected chi connectivity index (χ3v) is 2.32. The van der Waals surface area contributed by atoms with E-state index in [1.54, 1.807) is 6.92 Å². The molecule has 0 aliphatic rings. The van der Waals surface area contributed by atoms with E-state index in [-0.39, 0.29) is 11.6 Å². The van der Waals surface area contributed by atoms with Gasteiger partial charge in [-0.15, -0.1) is 0 Å². The van der Waals surface area contributed by atoms with Crippen molar-refractivity contribution >= 4 is 11.9 Å². The first kappa shape index (κ1) is 14.8. The molecule has 0 saturated carbocycles. The average molecular weight is 263 g/mol. The standard InChI is InChI=1S/C13H17N3O3/c1-8(2)7-19-13(18)9(3)16-12(17)11-4-10(5-14)6-15-11/h4,6,8-9,15H,7H2,1-3H3,(H,16,17)/t9-/m0/s1. The lowest BCUT2D eigenvalue weighted by Crippen LogP contribution is -2.40. The Bertz CT molecular complexity index is 499. The number of carbonyl (C=O) groups excluding carboxylic acids is 2. The van der Waals surface area contributed by atoms with E-state index < -0.39 is 17.9 Å². The average Bonchev–Trinajstić information content (AvgIpc) is 2.84. The minimum atomic E-state index is -0.736. The Morgan fingerprint density at radius 2 is 2.16 bits per heavy atom. The maximum atomic E-state index is 11.8. The van der Waals surface area contributed by atoms with Crippen LogP contribution in [-0.4, -0.2) is 29.5 Å². The Hall–Kier alpha value is -2.29. The molecule has 1 aromatic rings. The third-order valence-electron chi connectivity index (χ3n) is 2.32. The maximum absolute atomic E-state index is 11.8. The summed E-state index contributed by atoms with van der Waals surface area (Å²) in [5, 5.41) is 11.2. The number of carbonyl (C=O) groups is 2. The lowest BCUT2D eigenvalue weighted by molar-refractivity contribution is -0.146. The van der Waals surface area contributed by atoms with Crippen molar-refractivity contribution in [2.45, 2.75) is 26.8 Å². The van der Waals surface area contributed by atoms with Gasteiger partial charge in [0.15, 0.2) is 0 Å². The zero-order valence-corrected chi connectivity index (χ0v) is 11.2. The van der Waals surface area contributed by atoms with Crippen LogP contribution in [-0.2, 0) is 9.53 Å². The zero-order chi connectivity index (χ0) is 14.4. The number of hydrogen-bond donors (Lipinski definition) is 2. The Balaban J connectivity index is 2.52. The van der Waals surface area contributed by atoms with E-state index in [0.29, 0.717) is 12.2 Å². The van der Waals surface area contributed by atoms with Crippen molar-refractivity contribution in [1.82, 2.24) is 10.3 Å². The molecule has 1 amide bonds. The van der Waals surface area contributed by atoms with Gasteiger partial charge in [0.2, 0.25) is 0 Å². The highest BCUT2D eigenvalue weighted by Gasteiger charge is 2.19. The molecule has 0 spiro atoms. The topological polar surface area (TPSA) is 95.0 Å². The molecular formula is C13H17N3O3. The molecule has 0 fully saturated rings. The van der Waals surface area contributed by atoms with E-state index in [1.165, 1.54) is 12.3 Å². The highest BCUT2D eigenvalue weighted by molar-refractivity contribution is 5.95. The van der Waals surface area contributed by atoms with Gasteiger partial charge < -0.3 is 15.0 Å². The van der Waals surface area contributed by atoms with Gasteiger partial charge in [-0.1, -0.05) is 13.8 Å². The molecule has 2 N–H and O–H groups in total. The predicted molar refractivity (Wildman–Crippen MR) is 68.2 cm³/mol. The molecule has 6 nitrogen and oxygen atoms in total. The van der Waals surface area contributed by atoms with Crippen LogP contribution in [0.4, 0.5) is 0 Å². The fourth-order valence-corrected chi connectivity index (χ4v) is 1.30. The number of nitrogens with one attached hydrogen (secondary N) is 2. The molecule has 0 aliphatic carbocycles. The van der Waals surface area contributed by atoms with Crippen molar-refractivity contribution in [3.8, 4) is 6.07 Å². The fourth-order valence-electron chi connectivity index (χ4n) is 1.30. The number of rotatable bonds is 5. The van der Waals surface area contributed by atoms with Crippen LogP contribution in [0.25, 0.3) is 0 Å². The second-order valence-corrected chi connectivity index (χ2v) is 4.63. The normalized spacial score (nSPS) is 11.7. The highest BCUT2D eigenvalue weighted by Crippen LogP contribution is 2.03. The molecule has 1 aromatic heterocycles. The van der Waals surface area contributed by atoms with Crippen LogP contribution in [0.5, 0.6) is 0 Å². The zero-order valence-electron chi connectivity index (χ0n) is 11.2. The van der Waals surface area contributed by atoms with E-state index >= 15 is 0 Å². The van der Waals surface area contributed by atoms with E-state index in [9.17, 15) is 9.59 Å². The lowest BCUT2D eigenvalue weighted by Gasteiger charge is -2.13. The Kier molecular flexibility index (Phi) is 5.12. The first-order valence-corrected chi connectivity index (χ1v) is 6.00. The van der Waals surface area contributed by atoms with E-state index in [0.717, 1.165) is 0 Å². The maximum Gasteiger partial charge on any atom is 0.328 e. The summed E-state index contributed by atoms with van der Waals surface area (Å²) in [6.07, 6.45) is 1.43. The van der Waals surface area contributed by atoms with Gasteiger partial charge in [-0.2, -0.15) is 5.26 Å². The Morgan fingerprint density at radius 1 is 1.47 bits per heavy atom. The Morgan fingerprint density at radius 3 is 2.68 bits per heavy atom. The summed E-state index contributed by atoms with van der Waals surface area (Å²) in [7, 11) is 0. The van der Waals surface area contributed by atoms with Gasteiger partial charge in [-0.25, -0.2) is 4.79 Å². The predicted octanol–water partition coefficient (Wildman–Crippen LogP) is 1.20.